The van der Waals surface area contributed by atoms with Crippen molar-refractivity contribution in [2.75, 3.05) is 0 Å². The predicted octanol–water partition coefficient (Wildman–Crippen LogP) is 9.18. The molecule has 0 nitrogen and oxygen atoms in total. The van der Waals surface area contributed by atoms with Crippen molar-refractivity contribution in [1.82, 2.24) is 0 Å². The molecule has 0 rings (SSSR count). The van der Waals surface area contributed by atoms with E-state index in [0.717, 1.165) is 0 Å². The summed E-state index contributed by atoms with van der Waals surface area (Å²) in [6.07, 6.45) is 18.1. The van der Waals surface area contributed by atoms with Gasteiger partial charge in [0.1, 0.15) is 0 Å². The number of hydrogen-bond acceptors (Lipinski definition) is 0. The minimum absolute atomic E-state index is 1.34. The highest BCUT2D eigenvalue weighted by Gasteiger charge is 1.85. The molecule has 0 unspecified atom stereocenters. The van der Waals surface area contributed by atoms with E-state index in [0.29, 0.717) is 0 Å². The second kappa shape index (κ2) is 42.7. The molecule has 0 atom stereocenters. The quantitative estimate of drug-likeness (QED) is 0.353. The number of unbranched alkanes of at least 4 members (excludes halogenated alkanes) is 10. The van der Waals surface area contributed by atoms with Gasteiger partial charge in [-0.3, -0.25) is 0 Å². The van der Waals surface area contributed by atoms with E-state index in [1.165, 1.54) is 83.5 Å². The Morgan fingerprint density at radius 3 is 0.619 bits per heavy atom. The smallest absolute Gasteiger partial charge is 0.0533 e. The highest BCUT2D eigenvalue weighted by Crippen LogP contribution is 2.05. The van der Waals surface area contributed by atoms with Crippen molar-refractivity contribution in [2.45, 2.75) is 139 Å². The van der Waals surface area contributed by atoms with Gasteiger partial charge in [0, 0.05) is 0 Å². The summed E-state index contributed by atoms with van der Waals surface area (Å²) in [7, 11) is 0. The van der Waals surface area contributed by atoms with Gasteiger partial charge in [0.15, 0.2) is 0 Å². The fraction of sp³-hybridized carbons (Fsp3) is 1.00. The Labute approximate surface area is 139 Å². The van der Waals surface area contributed by atoms with Crippen LogP contribution in [0.15, 0.2) is 0 Å². The Morgan fingerprint density at radius 1 is 0.286 bits per heavy atom. The molecule has 0 heterocycles. The second-order valence-electron chi connectivity index (χ2n) is 5.47. The third-order valence-electron chi connectivity index (χ3n) is 3.12. The third kappa shape index (κ3) is 64.8. The summed E-state index contributed by atoms with van der Waals surface area (Å²) in [4.78, 5) is 0. The van der Waals surface area contributed by atoms with Gasteiger partial charge in [0.25, 0.3) is 0 Å². The summed E-state index contributed by atoms with van der Waals surface area (Å²) in [5.74, 6) is 0. The monoisotopic (exact) mass is 302 g/mol. The molecule has 0 amide bonds. The molecule has 0 aliphatic carbocycles. The Balaban J connectivity index is -0.000000104. The topological polar surface area (TPSA) is 0 Å². The average molecular weight is 303 g/mol. The van der Waals surface area contributed by atoms with Crippen LogP contribution in [0.25, 0.3) is 0 Å². The molecule has 21 heavy (non-hydrogen) atoms. The molecule has 0 aromatic carbocycles. The second-order valence-corrected chi connectivity index (χ2v) is 5.47. The molecule has 0 spiro atoms. The van der Waals surface area contributed by atoms with Crippen molar-refractivity contribution in [3.8, 4) is 0 Å². The first-order valence-corrected chi connectivity index (χ1v) is 10.2. The highest BCUT2D eigenvalue weighted by molar-refractivity contribution is 4.41. The van der Waals surface area contributed by atoms with E-state index in [-0.39, 0.29) is 0 Å². The summed E-state index contributed by atoms with van der Waals surface area (Å²) in [5, 5.41) is 0. The Bertz CT molecular complexity index is 80.2. The Kier molecular flexibility index (Phi) is 59.1. The molecule has 0 fully saturated rings. The van der Waals surface area contributed by atoms with Gasteiger partial charge in [0.05, 0.1) is 0 Å². The lowest BCUT2D eigenvalue weighted by atomic mass is 10.1. The van der Waals surface area contributed by atoms with Crippen molar-refractivity contribution in [1.29, 1.82) is 0 Å². The first-order valence-electron chi connectivity index (χ1n) is 10.2. The molecule has 0 saturated carbocycles. The van der Waals surface area contributed by atoms with E-state index in [9.17, 15) is 0 Å². The Hall–Kier alpha value is 0. The number of hydrogen-bond donors (Lipinski definition) is 0. The molecule has 0 aliphatic heterocycles. The first kappa shape index (κ1) is 29.1. The van der Waals surface area contributed by atoms with Crippen LogP contribution in [0.2, 0.25) is 0 Å². The Morgan fingerprint density at radius 2 is 0.476 bits per heavy atom. The van der Waals surface area contributed by atoms with Crippen molar-refractivity contribution < 1.29 is 0 Å². The van der Waals surface area contributed by atoms with Gasteiger partial charge in [-0.1, -0.05) is 139 Å². The zero-order valence-electron chi connectivity index (χ0n) is 17.2. The lowest BCUT2D eigenvalue weighted by Crippen LogP contribution is -1.76. The molecular formula is C21H50. The van der Waals surface area contributed by atoms with Crippen LogP contribution in [0.3, 0.4) is 0 Å². The predicted molar refractivity (Wildman–Crippen MR) is 105 cm³/mol. The molecule has 0 bridgehead atoms. The maximum Gasteiger partial charge on any atom is -0.0533 e. The molecule has 0 aromatic heterocycles. The molecule has 134 valence electrons. The van der Waals surface area contributed by atoms with E-state index >= 15 is 0 Å². The maximum absolute atomic E-state index is 2.26. The molecule has 0 radical (unpaired) electrons. The zero-order chi connectivity index (χ0) is 17.2. The largest absolute Gasteiger partial charge is 0.0683 e. The van der Waals surface area contributed by atoms with E-state index < -0.39 is 0 Å². The van der Waals surface area contributed by atoms with Gasteiger partial charge in [-0.2, -0.15) is 0 Å². The molecular weight excluding hydrogens is 252 g/mol. The number of rotatable bonds is 10. The molecule has 0 N–H and O–H groups in total. The summed E-state index contributed by atoms with van der Waals surface area (Å²) in [5.41, 5.74) is 0. The fourth-order valence-electron chi connectivity index (χ4n) is 1.74. The van der Waals surface area contributed by atoms with Crippen LogP contribution in [-0.4, -0.2) is 0 Å². The highest BCUT2D eigenvalue weighted by atomic mass is 13.9. The molecule has 0 aliphatic rings. The summed E-state index contributed by atoms with van der Waals surface area (Å²) in [6, 6.07) is 0. The van der Waals surface area contributed by atoms with Gasteiger partial charge in [-0.05, 0) is 0 Å². The standard InChI is InChI=1S/C9H20.2C5H12.C2H6/c1-3-5-7-9-8-6-4-2;2*1-3-5-4-2;1-2/h3-9H2,1-2H3;2*3-5H2,1-2H3;1-2H3. The van der Waals surface area contributed by atoms with Gasteiger partial charge >= 0.3 is 0 Å². The van der Waals surface area contributed by atoms with E-state index in [2.05, 4.69) is 41.5 Å². The lowest BCUT2D eigenvalue weighted by Gasteiger charge is -1.96. The SMILES string of the molecule is CC.CCCCC.CCCCC.CCCCCCCCC. The van der Waals surface area contributed by atoms with Gasteiger partial charge in [-0.15, -0.1) is 0 Å². The minimum Gasteiger partial charge on any atom is -0.0683 e. The van der Waals surface area contributed by atoms with Gasteiger partial charge in [0.2, 0.25) is 0 Å². The van der Waals surface area contributed by atoms with Crippen LogP contribution in [0.5, 0.6) is 0 Å². The third-order valence-corrected chi connectivity index (χ3v) is 3.12. The van der Waals surface area contributed by atoms with Crippen LogP contribution in [-0.2, 0) is 0 Å². The zero-order valence-corrected chi connectivity index (χ0v) is 17.2. The summed E-state index contributed by atoms with van der Waals surface area (Å²) >= 11 is 0. The van der Waals surface area contributed by atoms with Gasteiger partial charge in [-0.25, -0.2) is 0 Å². The normalized spacial score (nSPS) is 8.57. The lowest BCUT2D eigenvalue weighted by molar-refractivity contribution is 0.602. The molecule has 0 aromatic rings. The van der Waals surface area contributed by atoms with E-state index in [4.69, 9.17) is 0 Å². The van der Waals surface area contributed by atoms with Crippen molar-refractivity contribution >= 4 is 0 Å². The van der Waals surface area contributed by atoms with E-state index in [1.807, 2.05) is 13.8 Å². The van der Waals surface area contributed by atoms with Crippen molar-refractivity contribution in [3.05, 3.63) is 0 Å². The van der Waals surface area contributed by atoms with Crippen LogP contribution in [0.1, 0.15) is 139 Å². The van der Waals surface area contributed by atoms with E-state index in [1.54, 1.807) is 0 Å². The molecule has 0 saturated heterocycles. The van der Waals surface area contributed by atoms with Crippen LogP contribution in [0, 0.1) is 0 Å². The fourth-order valence-corrected chi connectivity index (χ4v) is 1.74. The summed E-state index contributed by atoms with van der Waals surface area (Å²) in [6.45, 7) is 17.4. The van der Waals surface area contributed by atoms with Crippen LogP contribution in [0.4, 0.5) is 0 Å². The minimum atomic E-state index is 1.34. The van der Waals surface area contributed by atoms with Crippen molar-refractivity contribution in [2.24, 2.45) is 0 Å². The van der Waals surface area contributed by atoms with Crippen molar-refractivity contribution in [3.63, 3.8) is 0 Å². The average Bonchev–Trinajstić information content (AvgIpc) is 2.52. The maximum atomic E-state index is 2.26. The van der Waals surface area contributed by atoms with Gasteiger partial charge < -0.3 is 0 Å². The summed E-state index contributed by atoms with van der Waals surface area (Å²) < 4.78 is 0. The molecule has 0 heteroatoms. The van der Waals surface area contributed by atoms with Crippen LogP contribution >= 0.6 is 0 Å². The van der Waals surface area contributed by atoms with Crippen LogP contribution < -0.4 is 0 Å². The first-order chi connectivity index (χ1) is 10.2.